The SMILES string of the molecule is O=C(Cn1c(=O)[nH]c2ccccc21)Nc1ccc2c(c1)CCC2. The lowest BCUT2D eigenvalue weighted by atomic mass is 10.1. The molecule has 0 bridgehead atoms. The standard InChI is InChI=1S/C18H17N3O2/c22-17(19-14-9-8-12-4-3-5-13(12)10-14)11-21-16-7-2-1-6-15(16)20-18(21)23/h1-2,6-10H,3-5,11H2,(H,19,22)(H,20,23). The van der Waals surface area contributed by atoms with Crippen LogP contribution in [0, 0.1) is 0 Å². The number of carbonyl (C=O) groups excluding carboxylic acids is 1. The third kappa shape index (κ3) is 2.54. The molecular formula is C18H17N3O2. The zero-order chi connectivity index (χ0) is 15.8. The summed E-state index contributed by atoms with van der Waals surface area (Å²) in [7, 11) is 0. The molecule has 0 saturated carbocycles. The van der Waals surface area contributed by atoms with Crippen molar-refractivity contribution in [1.82, 2.24) is 9.55 Å². The van der Waals surface area contributed by atoms with Crippen molar-refractivity contribution in [3.63, 3.8) is 0 Å². The number of anilines is 1. The molecule has 1 aliphatic carbocycles. The molecular weight excluding hydrogens is 290 g/mol. The third-order valence-corrected chi connectivity index (χ3v) is 4.37. The Bertz CT molecular complexity index is 952. The minimum atomic E-state index is -0.268. The molecule has 0 radical (unpaired) electrons. The Labute approximate surface area is 133 Å². The van der Waals surface area contributed by atoms with E-state index in [-0.39, 0.29) is 18.1 Å². The van der Waals surface area contributed by atoms with Gasteiger partial charge in [0.15, 0.2) is 0 Å². The number of carbonyl (C=O) groups is 1. The molecule has 0 fully saturated rings. The average Bonchev–Trinajstić information content (AvgIpc) is 3.12. The van der Waals surface area contributed by atoms with Gasteiger partial charge in [0.05, 0.1) is 11.0 Å². The Morgan fingerprint density at radius 1 is 1.13 bits per heavy atom. The van der Waals surface area contributed by atoms with Crippen molar-refractivity contribution in [2.45, 2.75) is 25.8 Å². The monoisotopic (exact) mass is 307 g/mol. The van der Waals surface area contributed by atoms with Crippen molar-refractivity contribution in [1.29, 1.82) is 0 Å². The number of rotatable bonds is 3. The molecule has 3 aromatic rings. The highest BCUT2D eigenvalue weighted by Crippen LogP contribution is 2.24. The van der Waals surface area contributed by atoms with Gasteiger partial charge in [-0.3, -0.25) is 9.36 Å². The zero-order valence-electron chi connectivity index (χ0n) is 12.6. The predicted octanol–water partition coefficient (Wildman–Crippen LogP) is 2.46. The van der Waals surface area contributed by atoms with Crippen molar-refractivity contribution in [2.24, 2.45) is 0 Å². The maximum atomic E-state index is 12.3. The number of amides is 1. The molecule has 5 nitrogen and oxygen atoms in total. The van der Waals surface area contributed by atoms with Crippen molar-refractivity contribution in [2.75, 3.05) is 5.32 Å². The third-order valence-electron chi connectivity index (χ3n) is 4.37. The van der Waals surface area contributed by atoms with Crippen LogP contribution >= 0.6 is 0 Å². The highest BCUT2D eigenvalue weighted by molar-refractivity contribution is 5.91. The summed E-state index contributed by atoms with van der Waals surface area (Å²) in [6.07, 6.45) is 3.37. The van der Waals surface area contributed by atoms with E-state index in [1.165, 1.54) is 22.1 Å². The lowest BCUT2D eigenvalue weighted by Gasteiger charge is -2.08. The molecule has 1 amide bonds. The molecule has 1 aliphatic rings. The molecule has 0 unspecified atom stereocenters. The summed E-state index contributed by atoms with van der Waals surface area (Å²) in [5.41, 5.74) is 4.69. The van der Waals surface area contributed by atoms with Crippen LogP contribution in [0.3, 0.4) is 0 Å². The van der Waals surface area contributed by atoms with Crippen LogP contribution in [0.4, 0.5) is 5.69 Å². The number of fused-ring (bicyclic) bond motifs is 2. The van der Waals surface area contributed by atoms with E-state index in [0.717, 1.165) is 29.6 Å². The number of para-hydroxylation sites is 2. The summed E-state index contributed by atoms with van der Waals surface area (Å²) in [4.78, 5) is 27.1. The lowest BCUT2D eigenvalue weighted by molar-refractivity contribution is -0.116. The molecule has 23 heavy (non-hydrogen) atoms. The van der Waals surface area contributed by atoms with Crippen LogP contribution in [0.15, 0.2) is 47.3 Å². The number of hydrogen-bond acceptors (Lipinski definition) is 2. The second-order valence-electron chi connectivity index (χ2n) is 5.92. The van der Waals surface area contributed by atoms with Gasteiger partial charge in [0.1, 0.15) is 6.54 Å². The number of nitrogens with zero attached hydrogens (tertiary/aromatic N) is 1. The van der Waals surface area contributed by atoms with E-state index in [2.05, 4.69) is 16.4 Å². The Morgan fingerprint density at radius 3 is 2.87 bits per heavy atom. The maximum absolute atomic E-state index is 12.3. The fourth-order valence-electron chi connectivity index (χ4n) is 3.26. The van der Waals surface area contributed by atoms with Gasteiger partial charge in [-0.05, 0) is 54.7 Å². The highest BCUT2D eigenvalue weighted by Gasteiger charge is 2.13. The van der Waals surface area contributed by atoms with Crippen molar-refractivity contribution in [3.05, 3.63) is 64.1 Å². The van der Waals surface area contributed by atoms with Gasteiger partial charge in [-0.25, -0.2) is 4.79 Å². The van der Waals surface area contributed by atoms with Crippen LogP contribution < -0.4 is 11.0 Å². The minimum absolute atomic E-state index is 0.0000680. The first-order valence-electron chi connectivity index (χ1n) is 7.80. The summed E-state index contributed by atoms with van der Waals surface area (Å²) < 4.78 is 1.46. The highest BCUT2D eigenvalue weighted by atomic mass is 16.2. The molecule has 1 heterocycles. The molecule has 1 aromatic heterocycles. The first-order valence-corrected chi connectivity index (χ1v) is 7.80. The smallest absolute Gasteiger partial charge is 0.325 e. The van der Waals surface area contributed by atoms with E-state index in [1.54, 1.807) is 0 Å². The van der Waals surface area contributed by atoms with Gasteiger partial charge in [0, 0.05) is 5.69 Å². The topological polar surface area (TPSA) is 66.9 Å². The van der Waals surface area contributed by atoms with Crippen LogP contribution in [0.2, 0.25) is 0 Å². The fourth-order valence-corrected chi connectivity index (χ4v) is 3.26. The van der Waals surface area contributed by atoms with Gasteiger partial charge in [-0.15, -0.1) is 0 Å². The van der Waals surface area contributed by atoms with Crippen molar-refractivity contribution < 1.29 is 4.79 Å². The molecule has 5 heteroatoms. The van der Waals surface area contributed by atoms with Crippen LogP contribution in [-0.2, 0) is 24.2 Å². The average molecular weight is 307 g/mol. The summed E-state index contributed by atoms with van der Waals surface area (Å²) in [5, 5.41) is 2.89. The molecule has 2 aromatic carbocycles. The van der Waals surface area contributed by atoms with Crippen LogP contribution in [-0.4, -0.2) is 15.5 Å². The first kappa shape index (κ1) is 13.8. The molecule has 4 rings (SSSR count). The van der Waals surface area contributed by atoms with Crippen LogP contribution in [0.25, 0.3) is 11.0 Å². The van der Waals surface area contributed by atoms with Crippen molar-refractivity contribution in [3.8, 4) is 0 Å². The normalized spacial score (nSPS) is 13.2. The summed E-state index contributed by atoms with van der Waals surface area (Å²) in [5.74, 6) is -0.199. The Kier molecular flexibility index (Phi) is 3.26. The first-order chi connectivity index (χ1) is 11.2. The Balaban J connectivity index is 1.56. The van der Waals surface area contributed by atoms with E-state index in [1.807, 2.05) is 36.4 Å². The van der Waals surface area contributed by atoms with Gasteiger partial charge < -0.3 is 10.3 Å². The van der Waals surface area contributed by atoms with E-state index >= 15 is 0 Å². The molecule has 0 spiro atoms. The number of aromatic nitrogens is 2. The van der Waals surface area contributed by atoms with Crippen LogP contribution in [0.5, 0.6) is 0 Å². The summed E-state index contributed by atoms with van der Waals surface area (Å²) >= 11 is 0. The van der Waals surface area contributed by atoms with Gasteiger partial charge in [-0.2, -0.15) is 0 Å². The van der Waals surface area contributed by atoms with E-state index in [0.29, 0.717) is 0 Å². The zero-order valence-corrected chi connectivity index (χ0v) is 12.6. The van der Waals surface area contributed by atoms with E-state index in [4.69, 9.17) is 0 Å². The molecule has 0 saturated heterocycles. The molecule has 2 N–H and O–H groups in total. The second kappa shape index (κ2) is 5.43. The Hall–Kier alpha value is -2.82. The molecule has 0 aliphatic heterocycles. The number of aromatic amines is 1. The van der Waals surface area contributed by atoms with Crippen LogP contribution in [0.1, 0.15) is 17.5 Å². The minimum Gasteiger partial charge on any atom is -0.325 e. The number of imidazole rings is 1. The lowest BCUT2D eigenvalue weighted by Crippen LogP contribution is -2.25. The fraction of sp³-hybridized carbons (Fsp3) is 0.222. The quantitative estimate of drug-likeness (QED) is 0.780. The number of benzene rings is 2. The maximum Gasteiger partial charge on any atom is 0.326 e. The predicted molar refractivity (Wildman–Crippen MR) is 89.7 cm³/mol. The summed E-state index contributed by atoms with van der Waals surface area (Å²) in [6.45, 7) is -0.0000680. The van der Waals surface area contributed by atoms with Gasteiger partial charge in [0.25, 0.3) is 0 Å². The molecule has 0 atom stereocenters. The Morgan fingerprint density at radius 2 is 1.96 bits per heavy atom. The second-order valence-corrected chi connectivity index (χ2v) is 5.92. The van der Waals surface area contributed by atoms with Gasteiger partial charge in [-0.1, -0.05) is 18.2 Å². The van der Waals surface area contributed by atoms with E-state index < -0.39 is 0 Å². The van der Waals surface area contributed by atoms with Crippen molar-refractivity contribution >= 4 is 22.6 Å². The largest absolute Gasteiger partial charge is 0.326 e. The van der Waals surface area contributed by atoms with Gasteiger partial charge in [0.2, 0.25) is 5.91 Å². The summed E-state index contributed by atoms with van der Waals surface area (Å²) in [6, 6.07) is 13.4. The number of H-pyrrole nitrogens is 1. The number of aryl methyl sites for hydroxylation is 2. The van der Waals surface area contributed by atoms with Gasteiger partial charge >= 0.3 is 5.69 Å². The number of nitrogens with one attached hydrogen (secondary N) is 2. The van der Waals surface area contributed by atoms with E-state index in [9.17, 15) is 9.59 Å². The number of hydrogen-bond donors (Lipinski definition) is 2. The molecule has 116 valence electrons.